The molecule has 2 N–H and O–H groups in total. The van der Waals surface area contributed by atoms with Crippen molar-refractivity contribution in [3.05, 3.63) is 65.4 Å². The number of benzene rings is 2. The van der Waals surface area contributed by atoms with Gasteiger partial charge in [-0.2, -0.15) is 0 Å². The number of Topliss-reactive ketones (excluding diaryl/α,β-unsaturated/α-hetero) is 1. The molecule has 2 aromatic rings. The van der Waals surface area contributed by atoms with Crippen LogP contribution in [0.2, 0.25) is 0 Å². The number of aromatic hydroxyl groups is 1. The summed E-state index contributed by atoms with van der Waals surface area (Å²) in [6, 6.07) is 11.8. The van der Waals surface area contributed by atoms with E-state index >= 15 is 14.4 Å². The van der Waals surface area contributed by atoms with Crippen LogP contribution in [-0.2, 0) is 9.59 Å². The maximum absolute atomic E-state index is 15.6. The zero-order valence-corrected chi connectivity index (χ0v) is 27.8. The Labute approximate surface area is 282 Å². The van der Waals surface area contributed by atoms with Crippen LogP contribution in [0, 0.1) is 0 Å². The highest BCUT2D eigenvalue weighted by atomic mass is 16.5. The Morgan fingerprint density at radius 1 is 0.792 bits per heavy atom. The van der Waals surface area contributed by atoms with Crippen LogP contribution in [0.3, 0.4) is 0 Å². The number of hydrogen-bond acceptors (Lipinski definition) is 7. The van der Waals surface area contributed by atoms with Crippen LogP contribution in [-0.4, -0.2) is 69.4 Å². The van der Waals surface area contributed by atoms with Gasteiger partial charge in [-0.05, 0) is 74.9 Å². The summed E-state index contributed by atoms with van der Waals surface area (Å²) in [7, 11) is 1.55. The summed E-state index contributed by atoms with van der Waals surface area (Å²) in [5, 5.41) is 14.8. The van der Waals surface area contributed by atoms with Gasteiger partial charge in [-0.15, -0.1) is 0 Å². The van der Waals surface area contributed by atoms with Crippen LogP contribution in [0.15, 0.2) is 59.8 Å². The lowest BCUT2D eigenvalue weighted by molar-refractivity contribution is -0.135. The molecule has 10 nitrogen and oxygen atoms in total. The molecule has 48 heavy (non-hydrogen) atoms. The number of urea groups is 1. The maximum atomic E-state index is 15.6. The van der Waals surface area contributed by atoms with Crippen molar-refractivity contribution in [1.29, 1.82) is 0 Å². The van der Waals surface area contributed by atoms with Gasteiger partial charge in [0.25, 0.3) is 11.8 Å². The molecule has 7 rings (SSSR count). The minimum absolute atomic E-state index is 0.0336. The number of carbonyl (C=O) groups is 4. The molecular weight excluding hydrogens is 608 g/mol. The van der Waals surface area contributed by atoms with E-state index in [0.29, 0.717) is 31.4 Å². The molecule has 3 aliphatic carbocycles. The Hall–Kier alpha value is -4.34. The number of methoxy groups -OCH3 is 1. The third kappa shape index (κ3) is 5.24. The van der Waals surface area contributed by atoms with E-state index in [1.807, 2.05) is 0 Å². The SMILES string of the molecule is COc1ccc(C(=O)C2=C(NC3CCCCC3)C(=O)N(c3ccccc3O)C23C(=O)N(C2CCCCC2)C(=O)N3C2CCCCC2)cc1. The number of phenolic OH excluding ortho intramolecular Hbond substituents is 1. The minimum atomic E-state index is -2.11. The number of carbonyl (C=O) groups excluding carboxylic acids is 4. The molecule has 1 spiro atoms. The first-order valence-electron chi connectivity index (χ1n) is 17.9. The average Bonchev–Trinajstić information content (AvgIpc) is 3.50. The molecule has 0 radical (unpaired) electrons. The largest absolute Gasteiger partial charge is 0.506 e. The monoisotopic (exact) mass is 654 g/mol. The molecule has 2 aliphatic heterocycles. The van der Waals surface area contributed by atoms with Gasteiger partial charge in [-0.1, -0.05) is 69.9 Å². The predicted molar refractivity (Wildman–Crippen MR) is 181 cm³/mol. The van der Waals surface area contributed by atoms with Crippen molar-refractivity contribution < 1.29 is 29.0 Å². The van der Waals surface area contributed by atoms with Gasteiger partial charge in [0.15, 0.2) is 5.78 Å². The fraction of sp³-hybridized carbons (Fsp3) is 0.526. The quantitative estimate of drug-likeness (QED) is 0.249. The number of rotatable bonds is 8. The minimum Gasteiger partial charge on any atom is -0.506 e. The predicted octanol–water partition coefficient (Wildman–Crippen LogP) is 6.43. The van der Waals surface area contributed by atoms with Crippen molar-refractivity contribution >= 4 is 29.3 Å². The van der Waals surface area contributed by atoms with E-state index in [9.17, 15) is 9.90 Å². The lowest BCUT2D eigenvalue weighted by Gasteiger charge is -2.45. The van der Waals surface area contributed by atoms with Crippen molar-refractivity contribution in [3.63, 3.8) is 0 Å². The van der Waals surface area contributed by atoms with E-state index in [2.05, 4.69) is 5.32 Å². The first-order valence-corrected chi connectivity index (χ1v) is 17.9. The van der Waals surface area contributed by atoms with Crippen LogP contribution < -0.4 is 15.0 Å². The van der Waals surface area contributed by atoms with Crippen molar-refractivity contribution in [1.82, 2.24) is 15.1 Å². The molecule has 0 bridgehead atoms. The van der Waals surface area contributed by atoms with E-state index in [-0.39, 0.29) is 46.4 Å². The summed E-state index contributed by atoms with van der Waals surface area (Å²) in [5.74, 6) is -1.33. The molecule has 1 saturated heterocycles. The molecule has 1 atom stereocenters. The van der Waals surface area contributed by atoms with Gasteiger partial charge in [-0.25, -0.2) is 4.79 Å². The van der Waals surface area contributed by atoms with Gasteiger partial charge in [0.05, 0.1) is 18.4 Å². The normalized spacial score (nSPS) is 24.7. The number of ketones is 1. The number of ether oxygens (including phenoxy) is 1. The van der Waals surface area contributed by atoms with Crippen LogP contribution in [0.5, 0.6) is 11.5 Å². The molecule has 2 aromatic carbocycles. The van der Waals surface area contributed by atoms with E-state index in [0.717, 1.165) is 70.6 Å². The topological polar surface area (TPSA) is 119 Å². The second-order valence-electron chi connectivity index (χ2n) is 14.0. The lowest BCUT2D eigenvalue weighted by Crippen LogP contribution is -2.65. The number of imide groups is 1. The molecule has 2 heterocycles. The molecule has 5 aliphatic rings. The summed E-state index contributed by atoms with van der Waals surface area (Å²) in [4.78, 5) is 65.1. The number of hydrogen-bond donors (Lipinski definition) is 2. The molecular formula is C38H46N4O6. The van der Waals surface area contributed by atoms with Gasteiger partial charge < -0.3 is 15.2 Å². The van der Waals surface area contributed by atoms with E-state index in [4.69, 9.17) is 4.74 Å². The molecule has 254 valence electrons. The zero-order valence-electron chi connectivity index (χ0n) is 27.8. The highest BCUT2D eigenvalue weighted by molar-refractivity contribution is 6.31. The van der Waals surface area contributed by atoms with Crippen LogP contribution >= 0.6 is 0 Å². The van der Waals surface area contributed by atoms with Crippen LogP contribution in [0.25, 0.3) is 0 Å². The smallest absolute Gasteiger partial charge is 0.329 e. The highest BCUT2D eigenvalue weighted by Gasteiger charge is 2.72. The molecule has 0 aromatic heterocycles. The van der Waals surface area contributed by atoms with Gasteiger partial charge in [0.2, 0.25) is 5.66 Å². The molecule has 3 saturated carbocycles. The summed E-state index contributed by atoms with van der Waals surface area (Å²) in [5.41, 5.74) is -1.73. The Morgan fingerprint density at radius 2 is 1.38 bits per heavy atom. The first-order chi connectivity index (χ1) is 23.4. The highest BCUT2D eigenvalue weighted by Crippen LogP contribution is 2.52. The van der Waals surface area contributed by atoms with Crippen LogP contribution in [0.4, 0.5) is 10.5 Å². The number of anilines is 1. The van der Waals surface area contributed by atoms with E-state index < -0.39 is 29.3 Å². The fourth-order valence-electron chi connectivity index (χ4n) is 8.80. The van der Waals surface area contributed by atoms with Gasteiger partial charge in [0, 0.05) is 23.7 Å². The maximum Gasteiger partial charge on any atom is 0.329 e. The Balaban J connectivity index is 1.51. The lowest BCUT2D eigenvalue weighted by atomic mass is 9.85. The molecule has 10 heteroatoms. The second kappa shape index (κ2) is 13.3. The fourth-order valence-corrected chi connectivity index (χ4v) is 8.80. The Kier molecular flexibility index (Phi) is 8.92. The van der Waals surface area contributed by atoms with Crippen molar-refractivity contribution in [2.24, 2.45) is 0 Å². The average molecular weight is 655 g/mol. The number of amides is 4. The first kappa shape index (κ1) is 32.2. The molecule has 1 unspecified atom stereocenters. The number of nitrogens with zero attached hydrogens (tertiary/aromatic N) is 3. The van der Waals surface area contributed by atoms with E-state index in [1.54, 1.807) is 54.5 Å². The van der Waals surface area contributed by atoms with Crippen molar-refractivity contribution in [2.75, 3.05) is 12.0 Å². The second-order valence-corrected chi connectivity index (χ2v) is 14.0. The third-order valence-electron chi connectivity index (χ3n) is 11.2. The van der Waals surface area contributed by atoms with Gasteiger partial charge in [-0.3, -0.25) is 29.1 Å². The van der Waals surface area contributed by atoms with Crippen molar-refractivity contribution in [2.45, 2.75) is 120 Å². The van der Waals surface area contributed by atoms with Gasteiger partial charge >= 0.3 is 6.03 Å². The van der Waals surface area contributed by atoms with Gasteiger partial charge in [0.1, 0.15) is 17.2 Å². The Morgan fingerprint density at radius 3 is 1.98 bits per heavy atom. The number of para-hydroxylation sites is 2. The molecule has 4 amide bonds. The summed E-state index contributed by atoms with van der Waals surface area (Å²) in [6.45, 7) is 0. The van der Waals surface area contributed by atoms with E-state index in [1.165, 1.54) is 15.9 Å². The number of phenols is 1. The zero-order chi connectivity index (χ0) is 33.4. The molecule has 4 fully saturated rings. The standard InChI is InChI=1S/C38H46N4O6/c1-48-29-23-21-25(22-24-29)34(44)32-33(39-26-13-5-2-6-14-26)35(45)42(30-19-11-12-20-31(30)43)38(32)36(46)40(27-15-7-3-8-16-27)37(47)41(38)28-17-9-4-10-18-28/h11-12,19-24,26-28,39,43H,2-10,13-18H2,1H3. The Bertz CT molecular complexity index is 1600. The number of nitrogens with one attached hydrogen (secondary N) is 1. The summed E-state index contributed by atoms with van der Waals surface area (Å²) < 4.78 is 5.36. The third-order valence-corrected chi connectivity index (χ3v) is 11.2. The summed E-state index contributed by atoms with van der Waals surface area (Å²) >= 11 is 0. The summed E-state index contributed by atoms with van der Waals surface area (Å²) in [6.07, 6.45) is 12.9. The van der Waals surface area contributed by atoms with Crippen molar-refractivity contribution in [3.8, 4) is 11.5 Å². The van der Waals surface area contributed by atoms with Crippen LogP contribution in [0.1, 0.15) is 107 Å².